The summed E-state index contributed by atoms with van der Waals surface area (Å²) in [6.45, 7) is 4.35. The van der Waals surface area contributed by atoms with Crippen LogP contribution in [0.4, 0.5) is 35.1 Å². The molecule has 0 unspecified atom stereocenters. The number of nitrogens with zero attached hydrogens (tertiary/aromatic N) is 9. The number of aryl methyl sites for hydroxylation is 1. The third kappa shape index (κ3) is 21.2. The second kappa shape index (κ2) is 37.7. The Morgan fingerprint density at radius 1 is 0.679 bits per heavy atom. The quantitative estimate of drug-likeness (QED) is 0.119. The summed E-state index contributed by atoms with van der Waals surface area (Å²) in [4.78, 5) is 190. The number of likely N-dealkylation sites (N-methyl/N-ethyl adjacent to an activating group) is 7. The second-order valence-corrected chi connectivity index (χ2v) is 29.5. The molecule has 12 amide bonds. The molecule has 3 N–H and O–H groups in total. The molecular weight excluding hydrogens is 1440 g/mol. The Morgan fingerprint density at radius 3 is 1.88 bits per heavy atom. The van der Waals surface area contributed by atoms with Gasteiger partial charge in [-0.15, -0.1) is 0 Å². The van der Waals surface area contributed by atoms with E-state index in [9.17, 15) is 55.1 Å². The van der Waals surface area contributed by atoms with E-state index in [0.717, 1.165) is 65.6 Å². The average molecular weight is 1550 g/mol. The van der Waals surface area contributed by atoms with Crippen molar-refractivity contribution >= 4 is 70.9 Å². The van der Waals surface area contributed by atoms with Crippen molar-refractivity contribution in [2.24, 2.45) is 11.8 Å². The monoisotopic (exact) mass is 1550 g/mol. The molecule has 3 heterocycles. The summed E-state index contributed by atoms with van der Waals surface area (Å²) in [7, 11) is 10.5. The van der Waals surface area contributed by atoms with Crippen LogP contribution < -0.4 is 16.0 Å². The first-order valence-corrected chi connectivity index (χ1v) is 37.1. The van der Waals surface area contributed by atoms with E-state index in [4.69, 9.17) is 9.47 Å². The van der Waals surface area contributed by atoms with Crippen LogP contribution in [0, 0.1) is 23.5 Å². The summed E-state index contributed by atoms with van der Waals surface area (Å²) < 4.78 is 126. The molecule has 0 radical (unpaired) electrons. The van der Waals surface area contributed by atoms with E-state index in [-0.39, 0.29) is 70.4 Å². The summed E-state index contributed by atoms with van der Waals surface area (Å²) in [6, 6.07) is -7.67. The van der Waals surface area contributed by atoms with Gasteiger partial charge in [0.05, 0.1) is 37.8 Å². The lowest BCUT2D eigenvalue weighted by atomic mass is 9.74. The minimum atomic E-state index is -5.46. The molecule has 5 aliphatic rings. The summed E-state index contributed by atoms with van der Waals surface area (Å²) in [5, 5.41) is 8.20. The van der Waals surface area contributed by atoms with Gasteiger partial charge in [-0.3, -0.25) is 57.5 Å². The topological polar surface area (TPSA) is 289 Å². The molecule has 3 aliphatic heterocycles. The van der Waals surface area contributed by atoms with Crippen LogP contribution in [0.5, 0.6) is 0 Å². The molecule has 2 aromatic carbocycles. The van der Waals surface area contributed by atoms with Crippen LogP contribution in [0.15, 0.2) is 48.6 Å². The molecule has 604 valence electrons. The van der Waals surface area contributed by atoms with E-state index in [2.05, 4.69) is 16.0 Å². The Labute approximate surface area is 630 Å². The smallest absolute Gasteiger partial charge is 0.379 e. The van der Waals surface area contributed by atoms with Gasteiger partial charge in [-0.2, -0.15) is 26.3 Å². The van der Waals surface area contributed by atoms with E-state index in [1.165, 1.54) is 59.1 Å². The largest absolute Gasteiger partial charge is 0.422 e. The number of carbonyl (C=O) groups is 12. The molecule has 7 rings (SSSR count). The first kappa shape index (κ1) is 87.4. The Hall–Kier alpha value is -8.82. The molecule has 2 aliphatic carbocycles. The van der Waals surface area contributed by atoms with Crippen molar-refractivity contribution in [3.8, 4) is 0 Å². The highest BCUT2D eigenvalue weighted by Gasteiger charge is 2.54. The van der Waals surface area contributed by atoms with Gasteiger partial charge in [0.15, 0.2) is 0 Å². The third-order valence-electron chi connectivity index (χ3n) is 21.6. The number of hydrogen-bond acceptors (Lipinski definition) is 14. The molecule has 2 saturated heterocycles. The zero-order chi connectivity index (χ0) is 80.9. The Balaban J connectivity index is 1.35. The highest BCUT2D eigenvalue weighted by Crippen LogP contribution is 2.40. The van der Waals surface area contributed by atoms with Crippen molar-refractivity contribution < 1.29 is 102 Å². The number of carbonyl (C=O) groups excluding carboxylic acids is 12. The maximum absolute atomic E-state index is 15.5. The van der Waals surface area contributed by atoms with Crippen molar-refractivity contribution in [3.05, 3.63) is 82.4 Å². The zero-order valence-electron chi connectivity index (χ0n) is 64.0. The highest BCUT2D eigenvalue weighted by molar-refractivity contribution is 6.01. The van der Waals surface area contributed by atoms with Crippen molar-refractivity contribution in [2.45, 2.75) is 203 Å². The number of halogens is 8. The average Bonchev–Trinajstić information content (AvgIpc) is 1.73. The van der Waals surface area contributed by atoms with Crippen LogP contribution in [0.2, 0.25) is 0 Å². The van der Waals surface area contributed by atoms with Crippen molar-refractivity contribution in [3.63, 3.8) is 0 Å². The molecule has 109 heavy (non-hydrogen) atoms. The van der Waals surface area contributed by atoms with Gasteiger partial charge >= 0.3 is 12.4 Å². The summed E-state index contributed by atoms with van der Waals surface area (Å²) in [6.07, 6.45) is -7.20. The van der Waals surface area contributed by atoms with Crippen LogP contribution in [0.3, 0.4) is 0 Å². The van der Waals surface area contributed by atoms with Gasteiger partial charge in [0.2, 0.25) is 70.9 Å². The zero-order valence-corrected chi connectivity index (χ0v) is 64.0. The van der Waals surface area contributed by atoms with E-state index in [0.29, 0.717) is 50.7 Å². The molecule has 0 aromatic heterocycles. The van der Waals surface area contributed by atoms with Gasteiger partial charge in [0, 0.05) is 95.5 Å². The number of nitrogens with one attached hydrogen (secondary N) is 3. The Bertz CT molecular complexity index is 3640. The van der Waals surface area contributed by atoms with Gasteiger partial charge in [-0.05, 0) is 118 Å². The molecule has 2 aromatic rings. The maximum atomic E-state index is 15.5. The molecule has 4 fully saturated rings. The standard InChI is InChI=1S/C75H104F8N12O14/c1-13-34-108-43-57-64(99)85-62(44(4)14-2)70(105)89(8)42-60(98)90(9)53-24-17-16-20-33-94(69(53)104)56(37-45-25-28-48(29-26-45)74(78,79)80)68(103)88(7)41-58(96)84-52(30-27-46-35-50(76)61(51(77)36-46)75(81,82)83)66(101)95-40-49(109-15-3)38-54(95)65(100)86-73(31-21-32-73)72(107)93(12)63(47-22-18-19-23-47)71(106)92(11)55(67(102)87(5)6)39-59(97)91(57)10/h16-17,25-26,28-29,35-36,44,47,49,52-57,62-63H,13-15,18-24,27,30-34,37-43H2,1-12H3,(H,84,96)(H,85,99)(H,86,100)/b17-16-/t44-,49+,52-,53+,54-,55-,56-,57-,62-,63-/m0/s1. The van der Waals surface area contributed by atoms with Crippen LogP contribution in [-0.2, 0) is 92.2 Å². The van der Waals surface area contributed by atoms with Gasteiger partial charge in [-0.1, -0.05) is 64.3 Å². The highest BCUT2D eigenvalue weighted by atomic mass is 19.4. The number of alkyl halides is 6. The van der Waals surface area contributed by atoms with E-state index in [1.807, 2.05) is 6.92 Å². The first-order chi connectivity index (χ1) is 51.2. The first-order valence-electron chi connectivity index (χ1n) is 37.1. The molecular formula is C75H104F8N12O14. The lowest BCUT2D eigenvalue weighted by Gasteiger charge is -2.46. The third-order valence-corrected chi connectivity index (χ3v) is 21.6. The predicted molar refractivity (Wildman–Crippen MR) is 380 cm³/mol. The maximum Gasteiger partial charge on any atom is 0.422 e. The van der Waals surface area contributed by atoms with Crippen LogP contribution in [-0.4, -0.2) is 277 Å². The Morgan fingerprint density at radius 2 is 1.31 bits per heavy atom. The van der Waals surface area contributed by atoms with Gasteiger partial charge in [0.1, 0.15) is 71.1 Å². The number of amides is 12. The fourth-order valence-corrected chi connectivity index (χ4v) is 14.9. The van der Waals surface area contributed by atoms with Gasteiger partial charge < -0.3 is 69.5 Å². The number of fused-ring (bicyclic) bond motifs is 3. The Kier molecular flexibility index (Phi) is 30.3. The molecule has 1 spiro atoms. The lowest BCUT2D eigenvalue weighted by molar-refractivity contribution is -0.158. The normalized spacial score (nSPS) is 25.9. The molecule has 2 bridgehead atoms. The minimum absolute atomic E-state index is 0.0256. The predicted octanol–water partition coefficient (Wildman–Crippen LogP) is 5.12. The molecule has 2 saturated carbocycles. The lowest BCUT2D eigenvalue weighted by Crippen LogP contribution is -2.68. The minimum Gasteiger partial charge on any atom is -0.379 e. The number of benzene rings is 2. The van der Waals surface area contributed by atoms with Crippen molar-refractivity contribution in [1.29, 1.82) is 0 Å². The summed E-state index contributed by atoms with van der Waals surface area (Å²) in [5.41, 5.74) is -5.27. The fourth-order valence-electron chi connectivity index (χ4n) is 14.9. The molecule has 26 nitrogen and oxygen atoms in total. The molecule has 34 heteroatoms. The second-order valence-electron chi connectivity index (χ2n) is 29.5. The van der Waals surface area contributed by atoms with E-state index in [1.54, 1.807) is 32.9 Å². The van der Waals surface area contributed by atoms with Crippen LogP contribution >= 0.6 is 0 Å². The van der Waals surface area contributed by atoms with Crippen molar-refractivity contribution in [1.82, 2.24) is 60.0 Å². The van der Waals surface area contributed by atoms with Crippen LogP contribution in [0.25, 0.3) is 0 Å². The van der Waals surface area contributed by atoms with Gasteiger partial charge in [-0.25, -0.2) is 8.78 Å². The fraction of sp³-hybridized carbons (Fsp3) is 0.653. The number of rotatable bonds is 15. The molecule has 10 atom stereocenters. The number of hydrogen-bond donors (Lipinski definition) is 3. The number of ether oxygens (including phenoxy) is 2. The van der Waals surface area contributed by atoms with Crippen LogP contribution in [0.1, 0.15) is 140 Å². The van der Waals surface area contributed by atoms with Gasteiger partial charge in [0.25, 0.3) is 0 Å². The summed E-state index contributed by atoms with van der Waals surface area (Å²) >= 11 is 0. The van der Waals surface area contributed by atoms with Crippen molar-refractivity contribution in [2.75, 3.05) is 102 Å². The van der Waals surface area contributed by atoms with E-state index < -0.39 is 229 Å². The van der Waals surface area contributed by atoms with E-state index >= 15 is 37.5 Å². The SMILES string of the molecule is CCCOC[C@H]1C(=O)N[C@@H]([C@@H](C)CC)C(=O)N(C)CC(=O)N(C)[C@@H]2C/C=C\CCN(C2=O)[C@@H](Cc2ccc(C(F)(F)F)cc2)C(=O)N(C)CC(=O)N[C@@H](CCc2cc(F)c(C(F)(F)F)c(F)c2)C(=O)N2C[C@H](OCC)C[C@H]2C(=O)NC2(CCC2)C(=O)N(C)[C@@H](C2CCCC2)C(=O)N(C)[C@H](C(=O)N(C)C)CC(=O)N1C. The summed E-state index contributed by atoms with van der Waals surface area (Å²) in [5.74, 6) is -15.5.